The fourth-order valence-electron chi connectivity index (χ4n) is 0.147. The number of hydrogen-bond acceptors (Lipinski definition) is 2. The highest BCUT2D eigenvalue weighted by molar-refractivity contribution is 9.09. The van der Waals surface area contributed by atoms with Gasteiger partial charge in [-0.3, -0.25) is 0 Å². The van der Waals surface area contributed by atoms with Crippen LogP contribution in [-0.4, -0.2) is 17.4 Å². The summed E-state index contributed by atoms with van der Waals surface area (Å²) in [6.45, 7) is 0. The summed E-state index contributed by atoms with van der Waals surface area (Å²) in [6.07, 6.45) is 1.66. The topological polar surface area (TPSA) is 34.1 Å². The predicted molar refractivity (Wildman–Crippen MR) is 29.5 cm³/mol. The lowest BCUT2D eigenvalue weighted by Crippen LogP contribution is -1.97. The maximum Gasteiger partial charge on any atom is 0.134 e. The molecule has 0 aromatic heterocycles. The van der Waals surface area contributed by atoms with Crippen molar-refractivity contribution in [2.75, 3.05) is 0 Å². The van der Waals surface area contributed by atoms with Gasteiger partial charge in [0.05, 0.1) is 4.83 Å². The summed E-state index contributed by atoms with van der Waals surface area (Å²) in [5.41, 5.74) is 0. The molecule has 0 heterocycles. The molecule has 0 aliphatic heterocycles. The lowest BCUT2D eigenvalue weighted by atomic mass is 10.4. The first-order chi connectivity index (χ1) is 3.31. The molecular formula is C4H5BrO2. The molecule has 0 aromatic carbocycles. The molecule has 0 aliphatic rings. The van der Waals surface area contributed by atoms with Crippen molar-refractivity contribution in [1.29, 1.82) is 0 Å². The van der Waals surface area contributed by atoms with Gasteiger partial charge in [-0.15, -0.1) is 0 Å². The average Bonchev–Trinajstić information content (AvgIpc) is 1.68. The minimum Gasteiger partial charge on any atom is -0.303 e. The van der Waals surface area contributed by atoms with Gasteiger partial charge < -0.3 is 9.59 Å². The highest BCUT2D eigenvalue weighted by atomic mass is 79.9. The van der Waals surface area contributed by atoms with Gasteiger partial charge >= 0.3 is 0 Å². The van der Waals surface area contributed by atoms with Crippen molar-refractivity contribution in [3.63, 3.8) is 0 Å². The van der Waals surface area contributed by atoms with E-state index in [1.807, 2.05) is 0 Å². The van der Waals surface area contributed by atoms with Gasteiger partial charge in [0.2, 0.25) is 0 Å². The lowest BCUT2D eigenvalue weighted by molar-refractivity contribution is -0.111. The van der Waals surface area contributed by atoms with E-state index in [-0.39, 0.29) is 11.2 Å². The summed E-state index contributed by atoms with van der Waals surface area (Å²) in [6, 6.07) is 0. The van der Waals surface area contributed by atoms with Gasteiger partial charge in [-0.1, -0.05) is 15.9 Å². The summed E-state index contributed by atoms with van der Waals surface area (Å²) in [4.78, 5) is 19.0. The third-order valence-corrected chi connectivity index (χ3v) is 1.06. The molecule has 0 rings (SSSR count). The second kappa shape index (κ2) is 3.99. The first-order valence-corrected chi connectivity index (χ1v) is 2.76. The van der Waals surface area contributed by atoms with E-state index in [2.05, 4.69) is 15.9 Å². The van der Waals surface area contributed by atoms with Crippen LogP contribution in [0.4, 0.5) is 0 Å². The molecule has 1 unspecified atom stereocenters. The minimum absolute atomic E-state index is 0.267. The number of aldehydes is 2. The van der Waals surface area contributed by atoms with Gasteiger partial charge in [0.15, 0.2) is 0 Å². The van der Waals surface area contributed by atoms with Crippen molar-refractivity contribution in [2.45, 2.75) is 11.2 Å². The van der Waals surface area contributed by atoms with E-state index in [9.17, 15) is 9.59 Å². The number of alkyl halides is 1. The molecule has 1 atom stereocenters. The van der Waals surface area contributed by atoms with E-state index in [0.29, 0.717) is 12.6 Å². The Kier molecular flexibility index (Phi) is 3.89. The molecule has 0 radical (unpaired) electrons. The van der Waals surface area contributed by atoms with Crippen molar-refractivity contribution >= 4 is 28.5 Å². The Hall–Kier alpha value is -0.180. The Bertz CT molecular complexity index is 72.1. The van der Waals surface area contributed by atoms with E-state index in [1.165, 1.54) is 0 Å². The summed E-state index contributed by atoms with van der Waals surface area (Å²) < 4.78 is 0. The van der Waals surface area contributed by atoms with Crippen LogP contribution in [0.1, 0.15) is 6.42 Å². The van der Waals surface area contributed by atoms with Crippen molar-refractivity contribution in [2.24, 2.45) is 0 Å². The first-order valence-electron chi connectivity index (χ1n) is 1.84. The van der Waals surface area contributed by atoms with Crippen LogP contribution in [0.2, 0.25) is 0 Å². The van der Waals surface area contributed by atoms with E-state index >= 15 is 0 Å². The third kappa shape index (κ3) is 3.66. The SMILES string of the molecule is O=CCC(Br)C=O. The molecule has 0 saturated carbocycles. The normalized spacial score (nSPS) is 12.7. The molecule has 7 heavy (non-hydrogen) atoms. The Morgan fingerprint density at radius 1 is 1.57 bits per heavy atom. The molecule has 0 N–H and O–H groups in total. The highest BCUT2D eigenvalue weighted by Gasteiger charge is 1.96. The van der Waals surface area contributed by atoms with Crippen LogP contribution in [0.3, 0.4) is 0 Å². The molecule has 0 fully saturated rings. The van der Waals surface area contributed by atoms with Crippen LogP contribution >= 0.6 is 15.9 Å². The summed E-state index contributed by atoms with van der Waals surface area (Å²) in [5, 5.41) is 0. The zero-order valence-electron chi connectivity index (χ0n) is 3.63. The molecule has 3 heteroatoms. The van der Waals surface area contributed by atoms with E-state index in [0.717, 1.165) is 0 Å². The maximum absolute atomic E-state index is 9.69. The Morgan fingerprint density at radius 2 is 2.14 bits per heavy atom. The molecule has 0 saturated heterocycles. The molecule has 40 valence electrons. The molecule has 0 aliphatic carbocycles. The average molecular weight is 165 g/mol. The molecule has 2 nitrogen and oxygen atoms in total. The Labute approximate surface area is 50.0 Å². The first kappa shape index (κ1) is 6.82. The second-order valence-corrected chi connectivity index (χ2v) is 2.23. The van der Waals surface area contributed by atoms with Crippen LogP contribution < -0.4 is 0 Å². The van der Waals surface area contributed by atoms with Crippen LogP contribution in [0.15, 0.2) is 0 Å². The minimum atomic E-state index is -0.287. The summed E-state index contributed by atoms with van der Waals surface area (Å²) in [7, 11) is 0. The van der Waals surface area contributed by atoms with Crippen molar-refractivity contribution in [1.82, 2.24) is 0 Å². The van der Waals surface area contributed by atoms with E-state index in [1.54, 1.807) is 0 Å². The molecule has 0 amide bonds. The number of carbonyl (C=O) groups excluding carboxylic acids is 2. The van der Waals surface area contributed by atoms with Crippen LogP contribution in [0.5, 0.6) is 0 Å². The summed E-state index contributed by atoms with van der Waals surface area (Å²) >= 11 is 2.94. The fourth-order valence-corrected chi connectivity index (χ4v) is 0.300. The van der Waals surface area contributed by atoms with Crippen molar-refractivity contribution in [3.05, 3.63) is 0 Å². The smallest absolute Gasteiger partial charge is 0.134 e. The quantitative estimate of drug-likeness (QED) is 0.451. The molecular weight excluding hydrogens is 160 g/mol. The van der Waals surface area contributed by atoms with E-state index < -0.39 is 0 Å². The largest absolute Gasteiger partial charge is 0.303 e. The monoisotopic (exact) mass is 164 g/mol. The molecule has 0 spiro atoms. The standard InChI is InChI=1S/C4H5BrO2/c5-4(3-7)1-2-6/h2-4H,1H2. The van der Waals surface area contributed by atoms with Gasteiger partial charge in [0, 0.05) is 6.42 Å². The Morgan fingerprint density at radius 3 is 2.29 bits per heavy atom. The zero-order chi connectivity index (χ0) is 5.70. The van der Waals surface area contributed by atoms with Gasteiger partial charge in [-0.25, -0.2) is 0 Å². The van der Waals surface area contributed by atoms with Gasteiger partial charge in [0.1, 0.15) is 12.6 Å². The zero-order valence-corrected chi connectivity index (χ0v) is 5.22. The number of rotatable bonds is 3. The fraction of sp³-hybridized carbons (Fsp3) is 0.500. The van der Waals surface area contributed by atoms with Crippen LogP contribution in [0.25, 0.3) is 0 Å². The highest BCUT2D eigenvalue weighted by Crippen LogP contribution is 1.96. The lowest BCUT2D eigenvalue weighted by Gasteiger charge is -1.86. The van der Waals surface area contributed by atoms with Gasteiger partial charge in [0.25, 0.3) is 0 Å². The van der Waals surface area contributed by atoms with Crippen molar-refractivity contribution in [3.8, 4) is 0 Å². The Balaban J connectivity index is 3.15. The number of halogens is 1. The van der Waals surface area contributed by atoms with Gasteiger partial charge in [-0.05, 0) is 0 Å². The molecule has 0 bridgehead atoms. The number of carbonyl (C=O) groups is 2. The van der Waals surface area contributed by atoms with Crippen LogP contribution in [0, 0.1) is 0 Å². The van der Waals surface area contributed by atoms with Gasteiger partial charge in [-0.2, -0.15) is 0 Å². The molecule has 0 aromatic rings. The van der Waals surface area contributed by atoms with Crippen LogP contribution in [-0.2, 0) is 9.59 Å². The van der Waals surface area contributed by atoms with Crippen molar-refractivity contribution < 1.29 is 9.59 Å². The third-order valence-electron chi connectivity index (χ3n) is 0.469. The second-order valence-electron chi connectivity index (χ2n) is 1.05. The van der Waals surface area contributed by atoms with E-state index in [4.69, 9.17) is 0 Å². The predicted octanol–water partition coefficient (Wildman–Crippen LogP) is 0.538. The number of hydrogen-bond donors (Lipinski definition) is 0. The summed E-state index contributed by atoms with van der Waals surface area (Å²) in [5.74, 6) is 0. The maximum atomic E-state index is 9.69.